The zero-order valence-electron chi connectivity index (χ0n) is 15.5. The summed E-state index contributed by atoms with van der Waals surface area (Å²) in [7, 11) is 1.67. The third-order valence-corrected chi connectivity index (χ3v) is 5.34. The zero-order chi connectivity index (χ0) is 19.1. The summed E-state index contributed by atoms with van der Waals surface area (Å²) in [5, 5.41) is 0.980. The number of ether oxygens (including phenoxy) is 1. The molecule has 1 N–H and O–H groups in total. The summed E-state index contributed by atoms with van der Waals surface area (Å²) in [5.41, 5.74) is 3.83. The van der Waals surface area contributed by atoms with Crippen molar-refractivity contribution in [1.29, 1.82) is 0 Å². The lowest BCUT2D eigenvalue weighted by Gasteiger charge is -2.36. The molecule has 0 radical (unpaired) electrons. The van der Waals surface area contributed by atoms with Gasteiger partial charge in [0.1, 0.15) is 28.9 Å². The van der Waals surface area contributed by atoms with Gasteiger partial charge in [0.05, 0.1) is 18.0 Å². The van der Waals surface area contributed by atoms with E-state index in [2.05, 4.69) is 24.8 Å². The molecule has 2 aromatic carbocycles. The van der Waals surface area contributed by atoms with Crippen LogP contribution in [0.2, 0.25) is 0 Å². The van der Waals surface area contributed by atoms with Crippen molar-refractivity contribution in [3.63, 3.8) is 0 Å². The quantitative estimate of drug-likeness (QED) is 0.591. The van der Waals surface area contributed by atoms with Crippen molar-refractivity contribution < 1.29 is 9.13 Å². The number of hydrogen-bond acceptors (Lipinski definition) is 5. The second-order valence-electron chi connectivity index (χ2n) is 6.88. The molecular formula is C21H20FN5O. The van der Waals surface area contributed by atoms with Crippen molar-refractivity contribution >= 4 is 33.4 Å². The van der Waals surface area contributed by atoms with Crippen molar-refractivity contribution in [1.82, 2.24) is 15.0 Å². The summed E-state index contributed by atoms with van der Waals surface area (Å²) in [5.74, 6) is 1.50. The molecule has 7 heteroatoms. The van der Waals surface area contributed by atoms with E-state index in [1.54, 1.807) is 13.4 Å². The molecule has 1 saturated heterocycles. The van der Waals surface area contributed by atoms with Crippen LogP contribution >= 0.6 is 0 Å². The molecule has 0 atom stereocenters. The minimum Gasteiger partial charge on any atom is -0.496 e. The van der Waals surface area contributed by atoms with Crippen LogP contribution in [0.4, 0.5) is 15.9 Å². The molecule has 2 aromatic heterocycles. The van der Waals surface area contributed by atoms with Crippen molar-refractivity contribution in [3.05, 3.63) is 54.6 Å². The molecule has 6 nitrogen and oxygen atoms in total. The van der Waals surface area contributed by atoms with E-state index < -0.39 is 0 Å². The van der Waals surface area contributed by atoms with E-state index in [0.717, 1.165) is 65.4 Å². The summed E-state index contributed by atoms with van der Waals surface area (Å²) >= 11 is 0. The van der Waals surface area contributed by atoms with Crippen LogP contribution in [0.3, 0.4) is 0 Å². The number of rotatable bonds is 3. The minimum absolute atomic E-state index is 0.208. The lowest BCUT2D eigenvalue weighted by Crippen LogP contribution is -2.47. The van der Waals surface area contributed by atoms with Crippen molar-refractivity contribution in [2.45, 2.75) is 0 Å². The van der Waals surface area contributed by atoms with Gasteiger partial charge in [-0.1, -0.05) is 6.07 Å². The summed E-state index contributed by atoms with van der Waals surface area (Å²) in [6.07, 6.45) is 1.61. The number of benzene rings is 2. The predicted octanol–water partition coefficient (Wildman–Crippen LogP) is 3.59. The van der Waals surface area contributed by atoms with Crippen LogP contribution in [-0.2, 0) is 0 Å². The Kier molecular flexibility index (Phi) is 4.00. The second-order valence-corrected chi connectivity index (χ2v) is 6.88. The van der Waals surface area contributed by atoms with E-state index in [1.165, 1.54) is 12.1 Å². The highest BCUT2D eigenvalue weighted by Crippen LogP contribution is 2.35. The Morgan fingerprint density at radius 3 is 2.46 bits per heavy atom. The molecule has 0 saturated carbocycles. The molecular weight excluding hydrogens is 357 g/mol. The van der Waals surface area contributed by atoms with Gasteiger partial charge in [0.25, 0.3) is 0 Å². The maximum absolute atomic E-state index is 13.2. The first-order chi connectivity index (χ1) is 13.7. The molecule has 0 bridgehead atoms. The molecule has 0 spiro atoms. The maximum atomic E-state index is 13.2. The van der Waals surface area contributed by atoms with Crippen molar-refractivity contribution in [2.24, 2.45) is 0 Å². The summed E-state index contributed by atoms with van der Waals surface area (Å²) in [4.78, 5) is 17.1. The lowest BCUT2D eigenvalue weighted by atomic mass is 10.2. The van der Waals surface area contributed by atoms with Gasteiger partial charge in [-0.3, -0.25) is 0 Å². The number of H-pyrrole nitrogens is 1. The van der Waals surface area contributed by atoms with Gasteiger partial charge >= 0.3 is 0 Å². The van der Waals surface area contributed by atoms with E-state index in [9.17, 15) is 4.39 Å². The predicted molar refractivity (Wildman–Crippen MR) is 109 cm³/mol. The normalized spacial score (nSPS) is 14.8. The first kappa shape index (κ1) is 16.8. The fourth-order valence-corrected chi connectivity index (χ4v) is 3.93. The van der Waals surface area contributed by atoms with Gasteiger partial charge in [0, 0.05) is 31.9 Å². The van der Waals surface area contributed by atoms with Gasteiger partial charge in [-0.05, 0) is 36.4 Å². The zero-order valence-corrected chi connectivity index (χ0v) is 15.5. The number of aromatic amines is 1. The number of nitrogens with zero attached hydrogens (tertiary/aromatic N) is 4. The van der Waals surface area contributed by atoms with E-state index in [-0.39, 0.29) is 5.82 Å². The van der Waals surface area contributed by atoms with Gasteiger partial charge in [-0.2, -0.15) is 0 Å². The summed E-state index contributed by atoms with van der Waals surface area (Å²) in [6, 6.07) is 12.6. The molecule has 1 aliphatic heterocycles. The van der Waals surface area contributed by atoms with Crippen LogP contribution in [-0.4, -0.2) is 48.2 Å². The fourth-order valence-electron chi connectivity index (χ4n) is 3.93. The van der Waals surface area contributed by atoms with E-state index in [1.807, 2.05) is 30.3 Å². The van der Waals surface area contributed by atoms with E-state index in [4.69, 9.17) is 4.74 Å². The number of fused-ring (bicyclic) bond motifs is 3. The molecule has 0 amide bonds. The van der Waals surface area contributed by atoms with Crippen LogP contribution < -0.4 is 14.5 Å². The standard InChI is InChI=1S/C21H20FN5O/c1-28-17-4-2-3-16-18(17)19-20(25-16)21(24-13-23-19)27-11-9-26(10-12-27)15-7-5-14(22)6-8-15/h2-8,13,25H,9-12H2,1H3. The SMILES string of the molecule is COc1cccc2[nH]c3c(N4CCN(c5ccc(F)cc5)CC4)ncnc3c12. The molecule has 0 unspecified atom stereocenters. The first-order valence-electron chi connectivity index (χ1n) is 9.29. The fraction of sp³-hybridized carbons (Fsp3) is 0.238. The molecule has 3 heterocycles. The minimum atomic E-state index is -0.208. The molecule has 0 aliphatic carbocycles. The highest BCUT2D eigenvalue weighted by atomic mass is 19.1. The van der Waals surface area contributed by atoms with E-state index >= 15 is 0 Å². The number of piperazine rings is 1. The average molecular weight is 377 g/mol. The largest absolute Gasteiger partial charge is 0.496 e. The van der Waals surface area contributed by atoms with Gasteiger partial charge in [0.15, 0.2) is 5.82 Å². The molecule has 5 rings (SSSR count). The molecule has 1 aliphatic rings. The maximum Gasteiger partial charge on any atom is 0.156 e. The number of aromatic nitrogens is 3. The second kappa shape index (κ2) is 6.67. The van der Waals surface area contributed by atoms with Gasteiger partial charge in [0.2, 0.25) is 0 Å². The van der Waals surface area contributed by atoms with Gasteiger partial charge in [-0.15, -0.1) is 0 Å². The lowest BCUT2D eigenvalue weighted by molar-refractivity contribution is 0.420. The van der Waals surface area contributed by atoms with Gasteiger partial charge in [-0.25, -0.2) is 14.4 Å². The Morgan fingerprint density at radius 2 is 1.71 bits per heavy atom. The number of methoxy groups -OCH3 is 1. The first-order valence-corrected chi connectivity index (χ1v) is 9.29. The van der Waals surface area contributed by atoms with Crippen molar-refractivity contribution in [3.8, 4) is 5.75 Å². The third kappa shape index (κ3) is 2.70. The number of hydrogen-bond donors (Lipinski definition) is 1. The summed E-state index contributed by atoms with van der Waals surface area (Å²) in [6.45, 7) is 3.35. The molecule has 4 aromatic rings. The highest BCUT2D eigenvalue weighted by Gasteiger charge is 2.22. The van der Waals surface area contributed by atoms with Crippen LogP contribution in [0.15, 0.2) is 48.8 Å². The molecule has 142 valence electrons. The van der Waals surface area contributed by atoms with Crippen molar-refractivity contribution in [2.75, 3.05) is 43.1 Å². The smallest absolute Gasteiger partial charge is 0.156 e. The highest BCUT2D eigenvalue weighted by molar-refractivity contribution is 6.11. The number of anilines is 2. The topological polar surface area (TPSA) is 57.3 Å². The Morgan fingerprint density at radius 1 is 0.964 bits per heavy atom. The van der Waals surface area contributed by atoms with E-state index in [0.29, 0.717) is 0 Å². The summed E-state index contributed by atoms with van der Waals surface area (Å²) < 4.78 is 18.7. The molecule has 28 heavy (non-hydrogen) atoms. The average Bonchev–Trinajstić information content (AvgIpc) is 3.13. The van der Waals surface area contributed by atoms with Crippen LogP contribution in [0.25, 0.3) is 21.9 Å². The van der Waals surface area contributed by atoms with Crippen LogP contribution in [0, 0.1) is 5.82 Å². The Hall–Kier alpha value is -3.35. The van der Waals surface area contributed by atoms with Gasteiger partial charge < -0.3 is 19.5 Å². The Bertz CT molecular complexity index is 1130. The van der Waals surface area contributed by atoms with Crippen LogP contribution in [0.5, 0.6) is 5.75 Å². The monoisotopic (exact) mass is 377 g/mol. The Labute approximate surface area is 161 Å². The number of nitrogens with one attached hydrogen (secondary N) is 1. The Balaban J connectivity index is 1.46. The van der Waals surface area contributed by atoms with Crippen LogP contribution in [0.1, 0.15) is 0 Å². The number of halogens is 1. The molecule has 1 fully saturated rings. The third-order valence-electron chi connectivity index (χ3n) is 5.34.